The molecule has 1 heterocycles. The smallest absolute Gasteiger partial charge is 0.311 e. The molecule has 7 nitrogen and oxygen atoms in total. The number of carboxylic acid groups (broad SMARTS) is 1. The van der Waals surface area contributed by atoms with E-state index in [9.17, 15) is 14.7 Å². The second-order valence-electron chi connectivity index (χ2n) is 7.74. The van der Waals surface area contributed by atoms with Gasteiger partial charge in [-0.2, -0.15) is 0 Å². The van der Waals surface area contributed by atoms with Gasteiger partial charge < -0.3 is 24.6 Å². The Kier molecular flexibility index (Phi) is 6.13. The standard InChI is InChI=1S/C21H29NO6/c1-26-16-6-5-15(13-17(16)27-2)21(7-3-4-8-21)18(23)22-14-20(19(24)25)9-11-28-12-10-20/h5-6,13H,3-4,7-12,14H2,1-2H3,(H,22,23)(H,24,25). The molecule has 1 saturated carbocycles. The largest absolute Gasteiger partial charge is 0.493 e. The maximum Gasteiger partial charge on any atom is 0.311 e. The van der Waals surface area contributed by atoms with Crippen LogP contribution in [0.25, 0.3) is 0 Å². The molecule has 28 heavy (non-hydrogen) atoms. The van der Waals surface area contributed by atoms with Crippen LogP contribution in [0.4, 0.5) is 0 Å². The topological polar surface area (TPSA) is 94.1 Å². The molecule has 3 rings (SSSR count). The summed E-state index contributed by atoms with van der Waals surface area (Å²) >= 11 is 0. The van der Waals surface area contributed by atoms with Gasteiger partial charge in [0, 0.05) is 19.8 Å². The highest BCUT2D eigenvalue weighted by atomic mass is 16.5. The van der Waals surface area contributed by atoms with Crippen molar-refractivity contribution in [1.29, 1.82) is 0 Å². The van der Waals surface area contributed by atoms with E-state index in [2.05, 4.69) is 5.32 Å². The number of carbonyl (C=O) groups excluding carboxylic acids is 1. The van der Waals surface area contributed by atoms with Crippen LogP contribution in [0.3, 0.4) is 0 Å². The first-order valence-corrected chi connectivity index (χ1v) is 9.79. The summed E-state index contributed by atoms with van der Waals surface area (Å²) in [7, 11) is 3.15. The van der Waals surface area contributed by atoms with Crippen LogP contribution in [0.1, 0.15) is 44.1 Å². The van der Waals surface area contributed by atoms with Crippen molar-refractivity contribution >= 4 is 11.9 Å². The summed E-state index contributed by atoms with van der Waals surface area (Å²) in [6, 6.07) is 5.59. The van der Waals surface area contributed by atoms with E-state index in [1.165, 1.54) is 0 Å². The number of carbonyl (C=O) groups is 2. The van der Waals surface area contributed by atoms with Gasteiger partial charge in [-0.05, 0) is 43.4 Å². The molecule has 1 amide bonds. The van der Waals surface area contributed by atoms with Crippen LogP contribution < -0.4 is 14.8 Å². The minimum Gasteiger partial charge on any atom is -0.493 e. The van der Waals surface area contributed by atoms with Gasteiger partial charge in [0.05, 0.1) is 25.0 Å². The summed E-state index contributed by atoms with van der Waals surface area (Å²) in [4.78, 5) is 25.2. The molecular formula is C21H29NO6. The Bertz CT molecular complexity index is 720. The van der Waals surface area contributed by atoms with Crippen molar-refractivity contribution in [3.8, 4) is 11.5 Å². The third-order valence-corrected chi connectivity index (χ3v) is 6.32. The van der Waals surface area contributed by atoms with Crippen LogP contribution in [0.5, 0.6) is 11.5 Å². The number of carboxylic acids is 1. The van der Waals surface area contributed by atoms with E-state index in [1.54, 1.807) is 14.2 Å². The Morgan fingerprint density at radius 1 is 1.07 bits per heavy atom. The summed E-state index contributed by atoms with van der Waals surface area (Å²) < 4.78 is 16.0. The first-order valence-electron chi connectivity index (χ1n) is 9.79. The molecule has 2 fully saturated rings. The van der Waals surface area contributed by atoms with Gasteiger partial charge in [-0.3, -0.25) is 9.59 Å². The third kappa shape index (κ3) is 3.68. The predicted molar refractivity (Wildman–Crippen MR) is 103 cm³/mol. The van der Waals surface area contributed by atoms with Crippen LogP contribution in [0.2, 0.25) is 0 Å². The molecule has 0 atom stereocenters. The fourth-order valence-electron chi connectivity index (χ4n) is 4.41. The number of nitrogens with one attached hydrogen (secondary N) is 1. The van der Waals surface area contributed by atoms with Gasteiger partial charge in [0.2, 0.25) is 5.91 Å². The van der Waals surface area contributed by atoms with Crippen molar-refractivity contribution in [2.75, 3.05) is 34.0 Å². The highest BCUT2D eigenvalue weighted by molar-refractivity contribution is 5.89. The summed E-state index contributed by atoms with van der Waals surface area (Å²) in [6.45, 7) is 0.936. The predicted octanol–water partition coefficient (Wildman–Crippen LogP) is 2.51. The Hall–Kier alpha value is -2.28. The van der Waals surface area contributed by atoms with E-state index >= 15 is 0 Å². The molecule has 1 aromatic rings. The average molecular weight is 391 g/mol. The normalized spacial score (nSPS) is 20.4. The lowest BCUT2D eigenvalue weighted by atomic mass is 9.76. The number of hydrogen-bond donors (Lipinski definition) is 2. The van der Waals surface area contributed by atoms with E-state index in [-0.39, 0.29) is 12.5 Å². The molecule has 1 aliphatic heterocycles. The van der Waals surface area contributed by atoms with Crippen molar-refractivity contribution in [2.45, 2.75) is 43.9 Å². The molecule has 154 valence electrons. The number of amides is 1. The van der Waals surface area contributed by atoms with Crippen molar-refractivity contribution in [2.24, 2.45) is 5.41 Å². The van der Waals surface area contributed by atoms with Crippen LogP contribution in [-0.2, 0) is 19.7 Å². The molecule has 2 aliphatic rings. The van der Waals surface area contributed by atoms with Gasteiger partial charge in [0.25, 0.3) is 0 Å². The lowest BCUT2D eigenvalue weighted by Crippen LogP contribution is -2.50. The van der Waals surface area contributed by atoms with Gasteiger partial charge in [0.15, 0.2) is 11.5 Å². The maximum atomic E-state index is 13.3. The SMILES string of the molecule is COc1ccc(C2(C(=O)NCC3(C(=O)O)CCOCC3)CCCC2)cc1OC. The maximum absolute atomic E-state index is 13.3. The second kappa shape index (κ2) is 8.39. The van der Waals surface area contributed by atoms with E-state index in [0.29, 0.717) is 37.6 Å². The van der Waals surface area contributed by atoms with E-state index < -0.39 is 16.8 Å². The number of methoxy groups -OCH3 is 2. The van der Waals surface area contributed by atoms with Crippen molar-refractivity contribution in [3.63, 3.8) is 0 Å². The molecule has 1 aliphatic carbocycles. The minimum atomic E-state index is -0.953. The number of rotatable bonds is 7. The lowest BCUT2D eigenvalue weighted by molar-refractivity contribution is -0.154. The quantitative estimate of drug-likeness (QED) is 0.742. The van der Waals surface area contributed by atoms with E-state index in [0.717, 1.165) is 31.2 Å². The molecule has 0 radical (unpaired) electrons. The van der Waals surface area contributed by atoms with Gasteiger partial charge in [-0.25, -0.2) is 0 Å². The van der Waals surface area contributed by atoms with Crippen molar-refractivity contribution in [3.05, 3.63) is 23.8 Å². The molecule has 7 heteroatoms. The number of benzene rings is 1. The lowest BCUT2D eigenvalue weighted by Gasteiger charge is -2.35. The molecule has 0 spiro atoms. The molecule has 0 unspecified atom stereocenters. The van der Waals surface area contributed by atoms with Crippen molar-refractivity contribution in [1.82, 2.24) is 5.32 Å². The van der Waals surface area contributed by atoms with Gasteiger partial charge >= 0.3 is 5.97 Å². The second-order valence-corrected chi connectivity index (χ2v) is 7.74. The highest BCUT2D eigenvalue weighted by Crippen LogP contribution is 2.44. The first-order chi connectivity index (χ1) is 13.5. The number of ether oxygens (including phenoxy) is 3. The monoisotopic (exact) mass is 391 g/mol. The molecule has 1 aromatic carbocycles. The molecule has 0 bridgehead atoms. The van der Waals surface area contributed by atoms with Crippen LogP contribution in [0, 0.1) is 5.41 Å². The van der Waals surface area contributed by atoms with Crippen LogP contribution in [-0.4, -0.2) is 51.0 Å². The highest BCUT2D eigenvalue weighted by Gasteiger charge is 2.46. The number of aliphatic carboxylic acids is 1. The van der Waals surface area contributed by atoms with Crippen LogP contribution >= 0.6 is 0 Å². The Balaban J connectivity index is 1.83. The zero-order chi connectivity index (χ0) is 20.2. The number of hydrogen-bond acceptors (Lipinski definition) is 5. The zero-order valence-electron chi connectivity index (χ0n) is 16.6. The van der Waals surface area contributed by atoms with Gasteiger partial charge in [-0.1, -0.05) is 18.9 Å². The Labute approximate surface area is 165 Å². The van der Waals surface area contributed by atoms with E-state index in [4.69, 9.17) is 14.2 Å². The summed E-state index contributed by atoms with van der Waals surface area (Å²) in [6.07, 6.45) is 4.20. The van der Waals surface area contributed by atoms with Gasteiger partial charge in [0.1, 0.15) is 0 Å². The summed E-state index contributed by atoms with van der Waals surface area (Å²) in [5.41, 5.74) is -0.730. The fourth-order valence-corrected chi connectivity index (χ4v) is 4.41. The first kappa shape index (κ1) is 20.5. The Morgan fingerprint density at radius 2 is 1.71 bits per heavy atom. The van der Waals surface area contributed by atoms with Crippen LogP contribution in [0.15, 0.2) is 18.2 Å². The Morgan fingerprint density at radius 3 is 2.29 bits per heavy atom. The molecule has 0 aromatic heterocycles. The summed E-state index contributed by atoms with van der Waals surface area (Å²) in [5.74, 6) is 0.226. The average Bonchev–Trinajstić information content (AvgIpc) is 3.23. The summed E-state index contributed by atoms with van der Waals surface area (Å²) in [5, 5.41) is 12.7. The van der Waals surface area contributed by atoms with Crippen molar-refractivity contribution < 1.29 is 28.9 Å². The zero-order valence-corrected chi connectivity index (χ0v) is 16.6. The fraction of sp³-hybridized carbons (Fsp3) is 0.619. The molecular weight excluding hydrogens is 362 g/mol. The van der Waals surface area contributed by atoms with Gasteiger partial charge in [-0.15, -0.1) is 0 Å². The molecule has 2 N–H and O–H groups in total. The van der Waals surface area contributed by atoms with E-state index in [1.807, 2.05) is 18.2 Å². The minimum absolute atomic E-state index is 0.107. The third-order valence-electron chi connectivity index (χ3n) is 6.32. The molecule has 1 saturated heterocycles.